The van der Waals surface area contributed by atoms with Crippen molar-refractivity contribution in [3.05, 3.63) is 152 Å². The molecule has 0 atom stereocenters. The first kappa shape index (κ1) is 27.0. The maximum atomic E-state index is 6.92. The van der Waals surface area contributed by atoms with Gasteiger partial charge in [-0.2, -0.15) is 0 Å². The van der Waals surface area contributed by atoms with Gasteiger partial charge in [0.25, 0.3) is 0 Å². The fourth-order valence-corrected chi connectivity index (χ4v) is 22.5. The number of hydrogen-bond acceptors (Lipinski definition) is 5. The average Bonchev–Trinajstić information content (AvgIpc) is 3.14. The van der Waals surface area contributed by atoms with E-state index >= 15 is 0 Å². The third-order valence-electron chi connectivity index (χ3n) is 10.2. The Hall–Kier alpha value is -5.06. The number of rotatable bonds is 2. The average molecular weight is 731 g/mol. The summed E-state index contributed by atoms with van der Waals surface area (Å²) in [6.45, 7) is 0. The quantitative estimate of drug-likeness (QED) is 0.208. The van der Waals surface area contributed by atoms with E-state index in [1.807, 2.05) is 0 Å². The van der Waals surface area contributed by atoms with Crippen LogP contribution < -0.4 is 44.1 Å². The Balaban J connectivity index is 1.13. The maximum absolute atomic E-state index is 6.92. The molecule has 7 heteroatoms. The summed E-state index contributed by atoms with van der Waals surface area (Å²) in [7, 11) is 0. The predicted octanol–water partition coefficient (Wildman–Crippen LogP) is 5.89. The number of hydrogen-bond donors (Lipinski definition) is 0. The SMILES string of the molecule is c1ccc(N2c3cccc[c]3[Ga]3[c]4cc5[c](nc4Oc4cccc2[c]43)[Ga]2[c]3ccccc3N(c3ccccc3)c3cccc([c]32)O5)cc1. The summed E-state index contributed by atoms with van der Waals surface area (Å²) < 4.78 is 21.6. The van der Waals surface area contributed by atoms with Gasteiger partial charge in [-0.25, -0.2) is 0 Å². The second-order valence-electron chi connectivity index (χ2n) is 12.7. The number of anilines is 6. The van der Waals surface area contributed by atoms with E-state index < -0.39 is 32.4 Å². The van der Waals surface area contributed by atoms with Crippen molar-refractivity contribution in [2.45, 2.75) is 0 Å². The standard InChI is InChI=1S/C41H25N3O2.2Ga/c1-5-15-32(16-6-1)43(33-17-7-2-8-18-33)36-23-13-25-38(29-36)45-40-27-28-41(42-31-40)46-39-26-14-24-37(30-39)44(34-19-9-3-10-20-34)35-21-11-4-12-22-35;;/h1-17,19-21,23-27H;;. The molecule has 0 amide bonds. The third kappa shape index (κ3) is 3.70. The predicted molar refractivity (Wildman–Crippen MR) is 196 cm³/mol. The zero-order chi connectivity index (χ0) is 31.3. The molecule has 5 heterocycles. The second kappa shape index (κ2) is 10.2. The Morgan fingerprint density at radius 1 is 0.417 bits per heavy atom. The Morgan fingerprint density at radius 2 is 0.917 bits per heavy atom. The van der Waals surface area contributed by atoms with Gasteiger partial charge < -0.3 is 0 Å². The monoisotopic (exact) mass is 729 g/mol. The molecule has 0 saturated carbocycles. The van der Waals surface area contributed by atoms with Crippen LogP contribution in [0.15, 0.2) is 152 Å². The molecule has 0 radical (unpaired) electrons. The van der Waals surface area contributed by atoms with Crippen LogP contribution in [0.25, 0.3) is 0 Å². The van der Waals surface area contributed by atoms with Gasteiger partial charge in [0.05, 0.1) is 0 Å². The summed E-state index contributed by atoms with van der Waals surface area (Å²) in [6, 6.07) is 54.5. The summed E-state index contributed by atoms with van der Waals surface area (Å²) in [5, 5.41) is 0. The van der Waals surface area contributed by atoms with Crippen molar-refractivity contribution in [2.24, 2.45) is 0 Å². The van der Waals surface area contributed by atoms with E-state index in [-0.39, 0.29) is 0 Å². The molecule has 4 aliphatic rings. The van der Waals surface area contributed by atoms with Crippen molar-refractivity contribution in [1.82, 2.24) is 4.98 Å². The van der Waals surface area contributed by atoms with Crippen LogP contribution in [0.1, 0.15) is 0 Å². The summed E-state index contributed by atoms with van der Waals surface area (Å²) in [5.74, 6) is 3.58. The summed E-state index contributed by atoms with van der Waals surface area (Å²) in [5.41, 5.74) is 7.19. The Morgan fingerprint density at radius 3 is 1.54 bits per heavy atom. The van der Waals surface area contributed by atoms with Gasteiger partial charge in [-0.1, -0.05) is 0 Å². The number of fused-ring (bicyclic) bond motifs is 8. The molecule has 4 aliphatic heterocycles. The molecular weight excluding hydrogens is 706 g/mol. The number of benzene rings is 6. The van der Waals surface area contributed by atoms with Crippen LogP contribution in [0.4, 0.5) is 34.1 Å². The molecule has 0 saturated heterocycles. The van der Waals surface area contributed by atoms with E-state index in [0.717, 1.165) is 38.8 Å². The fraction of sp³-hybridized carbons (Fsp3) is 0. The number of nitrogens with zero attached hydrogens (tertiary/aromatic N) is 3. The molecule has 0 aliphatic carbocycles. The number of pyridine rings is 1. The van der Waals surface area contributed by atoms with E-state index in [1.54, 1.807) is 0 Å². The zero-order valence-electron chi connectivity index (χ0n) is 25.7. The first-order valence-corrected chi connectivity index (χ1v) is 23.6. The normalized spacial score (nSPS) is 14.0. The van der Waals surface area contributed by atoms with Gasteiger partial charge in [0, 0.05) is 0 Å². The third-order valence-corrected chi connectivity index (χ3v) is 23.9. The van der Waals surface area contributed by atoms with Crippen LogP contribution in [0.3, 0.4) is 0 Å². The first-order chi connectivity index (χ1) is 23.8. The summed E-state index contributed by atoms with van der Waals surface area (Å²) in [6.07, 6.45) is 0. The van der Waals surface area contributed by atoms with Crippen molar-refractivity contribution in [1.29, 1.82) is 0 Å². The molecule has 0 unspecified atom stereocenters. The van der Waals surface area contributed by atoms with Gasteiger partial charge in [-0.15, -0.1) is 0 Å². The molecule has 0 spiro atoms. The van der Waals surface area contributed by atoms with Gasteiger partial charge in [-0.3, -0.25) is 0 Å². The van der Waals surface area contributed by atoms with Gasteiger partial charge in [0.2, 0.25) is 0 Å². The van der Waals surface area contributed by atoms with Gasteiger partial charge in [0.15, 0.2) is 0 Å². The molecule has 0 bridgehead atoms. The molecule has 222 valence electrons. The Labute approximate surface area is 288 Å². The zero-order valence-corrected chi connectivity index (χ0v) is 30.6. The van der Waals surface area contributed by atoms with Crippen LogP contribution in [0, 0.1) is 0 Å². The first-order valence-electron chi connectivity index (χ1n) is 16.4. The Kier molecular flexibility index (Phi) is 5.74. The van der Waals surface area contributed by atoms with E-state index in [1.165, 1.54) is 43.3 Å². The van der Waals surface area contributed by atoms with E-state index in [4.69, 9.17) is 14.5 Å². The minimum absolute atomic E-state index is 0.768. The molecule has 0 fully saturated rings. The van der Waals surface area contributed by atoms with Crippen LogP contribution >= 0.6 is 0 Å². The molecule has 48 heavy (non-hydrogen) atoms. The van der Waals surface area contributed by atoms with Gasteiger partial charge in [-0.05, 0) is 0 Å². The topological polar surface area (TPSA) is 37.8 Å². The Bertz CT molecular complexity index is 2280. The summed E-state index contributed by atoms with van der Waals surface area (Å²) >= 11 is -5.39. The minimum atomic E-state index is -2.72. The summed E-state index contributed by atoms with van der Waals surface area (Å²) in [4.78, 5) is 10.3. The van der Waals surface area contributed by atoms with Crippen molar-refractivity contribution in [3.63, 3.8) is 0 Å². The van der Waals surface area contributed by atoms with Crippen molar-refractivity contribution < 1.29 is 9.47 Å². The number of para-hydroxylation sites is 4. The molecule has 1 aromatic heterocycles. The van der Waals surface area contributed by atoms with Gasteiger partial charge >= 0.3 is 290 Å². The molecular formula is C41H25Ga2N3O2. The van der Waals surface area contributed by atoms with E-state index in [0.29, 0.717) is 0 Å². The molecule has 11 rings (SSSR count). The van der Waals surface area contributed by atoms with E-state index in [9.17, 15) is 0 Å². The van der Waals surface area contributed by atoms with Crippen LogP contribution in [0.5, 0.6) is 23.1 Å². The van der Waals surface area contributed by atoms with E-state index in [2.05, 4.69) is 161 Å². The van der Waals surface area contributed by atoms with Crippen LogP contribution in [-0.4, -0.2) is 37.4 Å². The number of aromatic nitrogens is 1. The number of ether oxygens (including phenoxy) is 2. The fourth-order valence-electron chi connectivity index (χ4n) is 8.28. The van der Waals surface area contributed by atoms with Crippen molar-refractivity contribution in [2.75, 3.05) is 9.80 Å². The van der Waals surface area contributed by atoms with Crippen LogP contribution in [-0.2, 0) is 0 Å². The van der Waals surface area contributed by atoms with Crippen molar-refractivity contribution in [3.8, 4) is 23.1 Å². The molecule has 5 nitrogen and oxygen atoms in total. The van der Waals surface area contributed by atoms with Gasteiger partial charge in [0.1, 0.15) is 0 Å². The molecule has 6 aromatic carbocycles. The van der Waals surface area contributed by atoms with Crippen LogP contribution in [0.2, 0.25) is 0 Å². The molecule has 0 N–H and O–H groups in total. The second-order valence-corrected chi connectivity index (χ2v) is 23.8. The molecule has 7 aromatic rings. The van der Waals surface area contributed by atoms with Crippen molar-refractivity contribution >= 4 is 91.4 Å².